The Bertz CT molecular complexity index is 832. The zero-order valence-electron chi connectivity index (χ0n) is 16.9. The van der Waals surface area contributed by atoms with Gasteiger partial charge in [-0.25, -0.2) is 4.98 Å². The first kappa shape index (κ1) is 21.9. The highest BCUT2D eigenvalue weighted by molar-refractivity contribution is 5.78. The number of carbonyl (C=O) groups is 1. The Kier molecular flexibility index (Phi) is 7.18. The first-order chi connectivity index (χ1) is 14.3. The smallest absolute Gasteiger partial charge is 0.417 e. The molecule has 2 heterocycles. The molecule has 3 rings (SSSR count). The van der Waals surface area contributed by atoms with Gasteiger partial charge in [-0.3, -0.25) is 4.79 Å². The number of piperidine rings is 1. The zero-order chi connectivity index (χ0) is 21.6. The van der Waals surface area contributed by atoms with E-state index in [4.69, 9.17) is 4.74 Å². The molecular formula is C22H26F3N3O2. The SMILES string of the molecule is Cc1cccc(OCCCNC(=O)C2CCN(c3ccc(C(F)(F)F)cn3)CC2)c1. The molecule has 1 fully saturated rings. The van der Waals surface area contributed by atoms with Gasteiger partial charge in [0.2, 0.25) is 5.91 Å². The molecule has 1 aliphatic heterocycles. The Morgan fingerprint density at radius 2 is 2.00 bits per heavy atom. The summed E-state index contributed by atoms with van der Waals surface area (Å²) in [6, 6.07) is 10.3. The van der Waals surface area contributed by atoms with E-state index in [1.165, 1.54) is 6.07 Å². The molecule has 0 saturated carbocycles. The van der Waals surface area contributed by atoms with Crippen LogP contribution in [0.3, 0.4) is 0 Å². The van der Waals surface area contributed by atoms with E-state index in [-0.39, 0.29) is 11.8 Å². The van der Waals surface area contributed by atoms with Gasteiger partial charge in [0.1, 0.15) is 11.6 Å². The van der Waals surface area contributed by atoms with Crippen LogP contribution >= 0.6 is 0 Å². The Balaban J connectivity index is 1.36. The van der Waals surface area contributed by atoms with E-state index >= 15 is 0 Å². The van der Waals surface area contributed by atoms with Gasteiger partial charge in [-0.05, 0) is 56.0 Å². The van der Waals surface area contributed by atoms with Crippen molar-refractivity contribution in [3.8, 4) is 5.75 Å². The van der Waals surface area contributed by atoms with Crippen LogP contribution < -0.4 is 15.0 Å². The van der Waals surface area contributed by atoms with E-state index in [9.17, 15) is 18.0 Å². The molecule has 1 aromatic heterocycles. The quantitative estimate of drug-likeness (QED) is 0.681. The van der Waals surface area contributed by atoms with Crippen LogP contribution in [0.5, 0.6) is 5.75 Å². The molecule has 1 amide bonds. The fourth-order valence-electron chi connectivity index (χ4n) is 3.43. The molecule has 8 heteroatoms. The first-order valence-corrected chi connectivity index (χ1v) is 10.1. The van der Waals surface area contributed by atoms with Crippen LogP contribution in [-0.4, -0.2) is 37.1 Å². The van der Waals surface area contributed by atoms with Gasteiger partial charge in [-0.2, -0.15) is 13.2 Å². The Hall–Kier alpha value is -2.77. The van der Waals surface area contributed by atoms with Crippen LogP contribution in [0, 0.1) is 12.8 Å². The van der Waals surface area contributed by atoms with Crippen molar-refractivity contribution >= 4 is 11.7 Å². The number of nitrogens with zero attached hydrogens (tertiary/aromatic N) is 2. The zero-order valence-corrected chi connectivity index (χ0v) is 16.9. The fraction of sp³-hybridized carbons (Fsp3) is 0.455. The number of amides is 1. The normalized spacial score (nSPS) is 15.1. The average Bonchev–Trinajstić information content (AvgIpc) is 2.73. The molecule has 1 aliphatic rings. The summed E-state index contributed by atoms with van der Waals surface area (Å²) in [6.45, 7) is 4.26. The van der Waals surface area contributed by atoms with Gasteiger partial charge in [0, 0.05) is 31.7 Å². The predicted octanol–water partition coefficient (Wildman–Crippen LogP) is 4.21. The van der Waals surface area contributed by atoms with E-state index in [0.29, 0.717) is 51.3 Å². The van der Waals surface area contributed by atoms with Crippen molar-refractivity contribution in [2.24, 2.45) is 5.92 Å². The summed E-state index contributed by atoms with van der Waals surface area (Å²) < 4.78 is 43.6. The third kappa shape index (κ3) is 6.11. The molecule has 0 bridgehead atoms. The summed E-state index contributed by atoms with van der Waals surface area (Å²) >= 11 is 0. The molecule has 0 atom stereocenters. The number of aryl methyl sites for hydroxylation is 1. The van der Waals surface area contributed by atoms with E-state index in [1.54, 1.807) is 0 Å². The number of alkyl halides is 3. The van der Waals surface area contributed by atoms with Gasteiger partial charge < -0.3 is 15.0 Å². The number of nitrogens with one attached hydrogen (secondary N) is 1. The number of benzene rings is 1. The van der Waals surface area contributed by atoms with Gasteiger partial charge in [-0.15, -0.1) is 0 Å². The van der Waals surface area contributed by atoms with Crippen molar-refractivity contribution in [1.82, 2.24) is 10.3 Å². The lowest BCUT2D eigenvalue weighted by molar-refractivity contribution is -0.137. The van der Waals surface area contributed by atoms with Gasteiger partial charge >= 0.3 is 6.18 Å². The van der Waals surface area contributed by atoms with Crippen molar-refractivity contribution in [3.63, 3.8) is 0 Å². The summed E-state index contributed by atoms with van der Waals surface area (Å²) in [5.74, 6) is 1.26. The van der Waals surface area contributed by atoms with Crippen molar-refractivity contribution in [2.75, 3.05) is 31.1 Å². The lowest BCUT2D eigenvalue weighted by Gasteiger charge is -2.32. The average molecular weight is 421 g/mol. The van der Waals surface area contributed by atoms with E-state index in [1.807, 2.05) is 36.1 Å². The van der Waals surface area contributed by atoms with Crippen LogP contribution in [0.15, 0.2) is 42.6 Å². The fourth-order valence-corrected chi connectivity index (χ4v) is 3.43. The highest BCUT2D eigenvalue weighted by atomic mass is 19.4. The third-order valence-corrected chi connectivity index (χ3v) is 5.14. The lowest BCUT2D eigenvalue weighted by Crippen LogP contribution is -2.41. The highest BCUT2D eigenvalue weighted by Crippen LogP contribution is 2.30. The maximum Gasteiger partial charge on any atom is 0.417 e. The number of halogens is 3. The minimum atomic E-state index is -4.39. The summed E-state index contributed by atoms with van der Waals surface area (Å²) in [5.41, 5.74) is 0.380. The van der Waals surface area contributed by atoms with Gasteiger partial charge in [0.15, 0.2) is 0 Å². The predicted molar refractivity (Wildman–Crippen MR) is 108 cm³/mol. The lowest BCUT2D eigenvalue weighted by atomic mass is 9.96. The number of hydrogen-bond acceptors (Lipinski definition) is 4. The van der Waals surface area contributed by atoms with Crippen LogP contribution in [0.4, 0.5) is 19.0 Å². The molecule has 1 saturated heterocycles. The molecule has 0 aliphatic carbocycles. The Morgan fingerprint density at radius 3 is 2.63 bits per heavy atom. The summed E-state index contributed by atoms with van der Waals surface area (Å²) in [5, 5.41) is 2.95. The molecule has 2 aromatic rings. The van der Waals surface area contributed by atoms with Crippen LogP contribution in [0.25, 0.3) is 0 Å². The number of pyridine rings is 1. The van der Waals surface area contributed by atoms with Gasteiger partial charge in [-0.1, -0.05) is 12.1 Å². The van der Waals surface area contributed by atoms with Crippen LogP contribution in [0.2, 0.25) is 0 Å². The maximum atomic E-state index is 12.6. The molecule has 0 spiro atoms. The maximum absolute atomic E-state index is 12.6. The number of aromatic nitrogens is 1. The Morgan fingerprint density at radius 1 is 1.23 bits per heavy atom. The molecular weight excluding hydrogens is 395 g/mol. The number of anilines is 1. The second-order valence-electron chi connectivity index (χ2n) is 7.47. The molecule has 0 radical (unpaired) electrons. The third-order valence-electron chi connectivity index (χ3n) is 5.14. The number of carbonyl (C=O) groups excluding carboxylic acids is 1. The number of hydrogen-bond donors (Lipinski definition) is 1. The molecule has 5 nitrogen and oxygen atoms in total. The minimum absolute atomic E-state index is 0.0191. The molecule has 162 valence electrons. The second-order valence-corrected chi connectivity index (χ2v) is 7.47. The minimum Gasteiger partial charge on any atom is -0.494 e. The van der Waals surface area contributed by atoms with Crippen molar-refractivity contribution in [2.45, 2.75) is 32.4 Å². The monoisotopic (exact) mass is 421 g/mol. The summed E-state index contributed by atoms with van der Waals surface area (Å²) in [7, 11) is 0. The largest absolute Gasteiger partial charge is 0.494 e. The van der Waals surface area contributed by atoms with Crippen molar-refractivity contribution < 1.29 is 22.7 Å². The number of ether oxygens (including phenoxy) is 1. The van der Waals surface area contributed by atoms with Crippen molar-refractivity contribution in [1.29, 1.82) is 0 Å². The highest BCUT2D eigenvalue weighted by Gasteiger charge is 2.31. The van der Waals surface area contributed by atoms with E-state index < -0.39 is 11.7 Å². The topological polar surface area (TPSA) is 54.5 Å². The van der Waals surface area contributed by atoms with E-state index in [0.717, 1.165) is 23.6 Å². The standard InChI is InChI=1S/C22H26F3N3O2/c1-16-4-2-5-19(14-16)30-13-3-10-26-21(29)17-8-11-28(12-9-17)20-7-6-18(15-27-20)22(23,24)25/h2,4-7,14-15,17H,3,8-13H2,1H3,(H,26,29). The Labute approximate surface area is 174 Å². The number of rotatable bonds is 7. The molecule has 1 aromatic carbocycles. The van der Waals surface area contributed by atoms with Gasteiger partial charge in [0.05, 0.1) is 12.2 Å². The molecule has 0 unspecified atom stereocenters. The van der Waals surface area contributed by atoms with Crippen LogP contribution in [0.1, 0.15) is 30.4 Å². The van der Waals surface area contributed by atoms with Gasteiger partial charge in [0.25, 0.3) is 0 Å². The summed E-state index contributed by atoms with van der Waals surface area (Å²) in [6.07, 6.45) is -1.52. The molecule has 30 heavy (non-hydrogen) atoms. The summed E-state index contributed by atoms with van der Waals surface area (Å²) in [4.78, 5) is 18.2. The first-order valence-electron chi connectivity index (χ1n) is 10.1. The van der Waals surface area contributed by atoms with Crippen LogP contribution in [-0.2, 0) is 11.0 Å². The second kappa shape index (κ2) is 9.82. The van der Waals surface area contributed by atoms with Crippen molar-refractivity contribution in [3.05, 3.63) is 53.7 Å². The van der Waals surface area contributed by atoms with E-state index in [2.05, 4.69) is 10.3 Å². The molecule has 1 N–H and O–H groups in total.